The van der Waals surface area contributed by atoms with Crippen molar-refractivity contribution in [2.45, 2.75) is 13.8 Å². The average Bonchev–Trinajstić information content (AvgIpc) is 2.17. The van der Waals surface area contributed by atoms with Crippen molar-refractivity contribution >= 4 is 34.7 Å². The molecule has 0 saturated carbocycles. The van der Waals surface area contributed by atoms with Gasteiger partial charge in [0.25, 0.3) is 0 Å². The molecule has 15 heavy (non-hydrogen) atoms. The molecule has 4 heteroatoms. The summed E-state index contributed by atoms with van der Waals surface area (Å²) in [6, 6.07) is 3.44. The van der Waals surface area contributed by atoms with Crippen molar-refractivity contribution < 1.29 is 14.3 Å². The fourth-order valence-electron chi connectivity index (χ4n) is 1.28. The highest BCUT2D eigenvalue weighted by molar-refractivity contribution is 14.1. The molecule has 0 N–H and O–H groups in total. The number of carbonyl (C=O) groups is 2. The largest absolute Gasteiger partial charge is 0.493 e. The molecule has 0 saturated heterocycles. The van der Waals surface area contributed by atoms with Gasteiger partial charge in [0.1, 0.15) is 5.75 Å². The molecule has 0 radical (unpaired) electrons. The number of ketones is 1. The Bertz CT molecular complexity index is 399. The Hall–Kier alpha value is -0.910. The number of ether oxygens (including phenoxy) is 1. The minimum Gasteiger partial charge on any atom is -0.493 e. The molecule has 0 amide bonds. The highest BCUT2D eigenvalue weighted by atomic mass is 127. The second-order valence-corrected chi connectivity index (χ2v) is 4.22. The van der Waals surface area contributed by atoms with Gasteiger partial charge in [0.15, 0.2) is 12.1 Å². The number of hydrogen-bond acceptors (Lipinski definition) is 3. The van der Waals surface area contributed by atoms with Crippen LogP contribution in [0.25, 0.3) is 0 Å². The van der Waals surface area contributed by atoms with E-state index in [1.165, 1.54) is 6.92 Å². The maximum absolute atomic E-state index is 11.3. The topological polar surface area (TPSA) is 43.4 Å². The molecule has 80 valence electrons. The van der Waals surface area contributed by atoms with Gasteiger partial charge in [0, 0.05) is 9.13 Å². The SMILES string of the molecule is CCOc1cc(I)cc(C(C)=O)c1C=O. The van der Waals surface area contributed by atoms with E-state index in [1.54, 1.807) is 12.1 Å². The first-order valence-electron chi connectivity index (χ1n) is 4.52. The van der Waals surface area contributed by atoms with Crippen LogP contribution in [0.15, 0.2) is 12.1 Å². The van der Waals surface area contributed by atoms with Crippen LogP contribution in [0, 0.1) is 3.57 Å². The molecule has 3 nitrogen and oxygen atoms in total. The molecular formula is C11H11IO3. The first kappa shape index (κ1) is 12.2. The van der Waals surface area contributed by atoms with E-state index in [0.29, 0.717) is 29.8 Å². The normalized spacial score (nSPS) is 9.80. The lowest BCUT2D eigenvalue weighted by Crippen LogP contribution is -2.04. The summed E-state index contributed by atoms with van der Waals surface area (Å²) in [4.78, 5) is 22.2. The predicted molar refractivity (Wildman–Crippen MR) is 65.7 cm³/mol. The third-order valence-corrected chi connectivity index (χ3v) is 2.53. The fourth-order valence-corrected chi connectivity index (χ4v) is 1.88. The van der Waals surface area contributed by atoms with E-state index in [9.17, 15) is 9.59 Å². The zero-order valence-corrected chi connectivity index (χ0v) is 10.7. The summed E-state index contributed by atoms with van der Waals surface area (Å²) < 4.78 is 6.19. The zero-order chi connectivity index (χ0) is 11.4. The maximum Gasteiger partial charge on any atom is 0.160 e. The maximum atomic E-state index is 11.3. The van der Waals surface area contributed by atoms with E-state index in [4.69, 9.17) is 4.74 Å². The first-order valence-corrected chi connectivity index (χ1v) is 5.60. The van der Waals surface area contributed by atoms with Gasteiger partial charge in [-0.3, -0.25) is 9.59 Å². The minimum atomic E-state index is -0.128. The second kappa shape index (κ2) is 5.25. The van der Waals surface area contributed by atoms with Gasteiger partial charge in [-0.1, -0.05) is 0 Å². The van der Waals surface area contributed by atoms with Crippen molar-refractivity contribution in [3.8, 4) is 5.75 Å². The van der Waals surface area contributed by atoms with E-state index in [-0.39, 0.29) is 5.78 Å². The number of aldehydes is 1. The van der Waals surface area contributed by atoms with E-state index < -0.39 is 0 Å². The van der Waals surface area contributed by atoms with Crippen LogP contribution in [0.4, 0.5) is 0 Å². The Balaban J connectivity index is 3.37. The van der Waals surface area contributed by atoms with Crippen molar-refractivity contribution in [3.63, 3.8) is 0 Å². The molecule has 1 rings (SSSR count). The summed E-state index contributed by atoms with van der Waals surface area (Å²) in [5.41, 5.74) is 0.755. The number of carbonyl (C=O) groups excluding carboxylic acids is 2. The van der Waals surface area contributed by atoms with Crippen LogP contribution in [0.5, 0.6) is 5.75 Å². The Morgan fingerprint density at radius 1 is 1.53 bits per heavy atom. The quantitative estimate of drug-likeness (QED) is 0.487. The summed E-state index contributed by atoms with van der Waals surface area (Å²) in [5.74, 6) is 0.348. The lowest BCUT2D eigenvalue weighted by molar-refractivity contribution is 0.100. The van der Waals surface area contributed by atoms with Crippen molar-refractivity contribution in [3.05, 3.63) is 26.8 Å². The van der Waals surface area contributed by atoms with Crippen LogP contribution < -0.4 is 4.74 Å². The Kier molecular flexibility index (Phi) is 4.26. The molecule has 0 aliphatic rings. The van der Waals surface area contributed by atoms with Crippen LogP contribution in [0.3, 0.4) is 0 Å². The van der Waals surface area contributed by atoms with Crippen LogP contribution >= 0.6 is 22.6 Å². The standard InChI is InChI=1S/C11H11IO3/c1-3-15-11-5-8(12)4-9(7(2)14)10(11)6-13/h4-6H,3H2,1-2H3. The monoisotopic (exact) mass is 318 g/mol. The van der Waals surface area contributed by atoms with Gasteiger partial charge in [0.05, 0.1) is 12.2 Å². The molecule has 0 spiro atoms. The number of halogens is 1. The third kappa shape index (κ3) is 2.77. The van der Waals surface area contributed by atoms with Gasteiger partial charge < -0.3 is 4.74 Å². The number of benzene rings is 1. The van der Waals surface area contributed by atoms with Gasteiger partial charge in [-0.2, -0.15) is 0 Å². The Labute approximate surface area is 102 Å². The highest BCUT2D eigenvalue weighted by Gasteiger charge is 2.13. The van der Waals surface area contributed by atoms with Crippen molar-refractivity contribution in [2.24, 2.45) is 0 Å². The molecular weight excluding hydrogens is 307 g/mol. The van der Waals surface area contributed by atoms with E-state index in [0.717, 1.165) is 3.57 Å². The molecule has 0 aromatic heterocycles. The van der Waals surface area contributed by atoms with Gasteiger partial charge in [-0.05, 0) is 48.6 Å². The van der Waals surface area contributed by atoms with Gasteiger partial charge in [-0.25, -0.2) is 0 Å². The molecule has 1 aromatic rings. The molecule has 0 aliphatic heterocycles. The summed E-state index contributed by atoms with van der Waals surface area (Å²) >= 11 is 2.09. The molecule has 0 bridgehead atoms. The summed E-state index contributed by atoms with van der Waals surface area (Å²) in [6.45, 7) is 3.74. The highest BCUT2D eigenvalue weighted by Crippen LogP contribution is 2.25. The molecule has 0 heterocycles. The van der Waals surface area contributed by atoms with Crippen LogP contribution in [0.1, 0.15) is 34.6 Å². The molecule has 0 fully saturated rings. The molecule has 0 aliphatic carbocycles. The van der Waals surface area contributed by atoms with Crippen LogP contribution in [0.2, 0.25) is 0 Å². The van der Waals surface area contributed by atoms with E-state index in [2.05, 4.69) is 22.6 Å². The second-order valence-electron chi connectivity index (χ2n) is 2.97. The van der Waals surface area contributed by atoms with Crippen molar-refractivity contribution in [1.82, 2.24) is 0 Å². The summed E-state index contributed by atoms with van der Waals surface area (Å²) in [6.07, 6.45) is 0.664. The lowest BCUT2D eigenvalue weighted by Gasteiger charge is -2.09. The van der Waals surface area contributed by atoms with Gasteiger partial charge >= 0.3 is 0 Å². The number of rotatable bonds is 4. The molecule has 1 aromatic carbocycles. The Morgan fingerprint density at radius 3 is 2.67 bits per heavy atom. The van der Waals surface area contributed by atoms with E-state index in [1.807, 2.05) is 6.92 Å². The van der Waals surface area contributed by atoms with Gasteiger partial charge in [0.2, 0.25) is 0 Å². The fraction of sp³-hybridized carbons (Fsp3) is 0.273. The number of hydrogen-bond donors (Lipinski definition) is 0. The average molecular weight is 318 g/mol. The van der Waals surface area contributed by atoms with Crippen molar-refractivity contribution in [1.29, 1.82) is 0 Å². The van der Waals surface area contributed by atoms with Crippen LogP contribution in [-0.4, -0.2) is 18.7 Å². The zero-order valence-electron chi connectivity index (χ0n) is 8.54. The predicted octanol–water partition coefficient (Wildman–Crippen LogP) is 2.71. The summed E-state index contributed by atoms with van der Waals surface area (Å²) in [7, 11) is 0. The first-order chi connectivity index (χ1) is 7.10. The number of Topliss-reactive ketones (excluding diaryl/α,β-unsaturated/α-hetero) is 1. The van der Waals surface area contributed by atoms with E-state index >= 15 is 0 Å². The summed E-state index contributed by atoms with van der Waals surface area (Å²) in [5, 5.41) is 0. The van der Waals surface area contributed by atoms with Crippen molar-refractivity contribution in [2.75, 3.05) is 6.61 Å². The smallest absolute Gasteiger partial charge is 0.160 e. The van der Waals surface area contributed by atoms with Crippen LogP contribution in [-0.2, 0) is 0 Å². The third-order valence-electron chi connectivity index (χ3n) is 1.90. The minimum absolute atomic E-state index is 0.128. The van der Waals surface area contributed by atoms with Gasteiger partial charge in [-0.15, -0.1) is 0 Å². The molecule has 0 unspecified atom stereocenters. The lowest BCUT2D eigenvalue weighted by atomic mass is 10.0. The molecule has 0 atom stereocenters. The Morgan fingerprint density at radius 2 is 2.20 bits per heavy atom.